The Labute approximate surface area is 136 Å². The van der Waals surface area contributed by atoms with Gasteiger partial charge in [-0.15, -0.1) is 0 Å². The van der Waals surface area contributed by atoms with Gasteiger partial charge in [-0.2, -0.15) is 0 Å². The molecule has 0 aliphatic carbocycles. The van der Waals surface area contributed by atoms with Gasteiger partial charge in [0.25, 0.3) is 5.91 Å². The summed E-state index contributed by atoms with van der Waals surface area (Å²) in [5.74, 6) is -0.721. The topological polar surface area (TPSA) is 68.5 Å². The summed E-state index contributed by atoms with van der Waals surface area (Å²) in [6.45, 7) is 7.63. The molecule has 0 fully saturated rings. The molecule has 5 heteroatoms. The lowest BCUT2D eigenvalue weighted by atomic mass is 10.0. The normalized spacial score (nSPS) is 12.2. The second-order valence-corrected chi connectivity index (χ2v) is 5.86. The fourth-order valence-electron chi connectivity index (χ4n) is 2.30. The lowest BCUT2D eigenvalue weighted by Gasteiger charge is -2.11. The van der Waals surface area contributed by atoms with Crippen LogP contribution in [0.15, 0.2) is 22.8 Å². The Bertz CT molecular complexity index is 717. The van der Waals surface area contributed by atoms with Crippen LogP contribution >= 0.6 is 0 Å². The van der Waals surface area contributed by atoms with Gasteiger partial charge in [0.2, 0.25) is 0 Å². The minimum atomic E-state index is -0.440. The predicted molar refractivity (Wildman–Crippen MR) is 88.2 cm³/mol. The van der Waals surface area contributed by atoms with Crippen LogP contribution in [0.2, 0.25) is 0 Å². The standard InChI is InChI=1S/C18H23NO4/c1-5-12(3)19-16(20)10-22-17(21)8-14-9-23-18-13(4)11(2)6-7-15(14)18/h6-7,9,12H,5,8,10H2,1-4H3,(H,19,20)/t12-/m0/s1. The van der Waals surface area contributed by atoms with Gasteiger partial charge >= 0.3 is 5.97 Å². The molecule has 5 nitrogen and oxygen atoms in total. The van der Waals surface area contributed by atoms with Crippen molar-refractivity contribution in [2.45, 2.75) is 46.6 Å². The Morgan fingerprint density at radius 2 is 2.04 bits per heavy atom. The van der Waals surface area contributed by atoms with Gasteiger partial charge in [0.1, 0.15) is 5.58 Å². The van der Waals surface area contributed by atoms with Crippen LogP contribution in [0, 0.1) is 13.8 Å². The van der Waals surface area contributed by atoms with E-state index in [0.717, 1.165) is 34.1 Å². The van der Waals surface area contributed by atoms with Crippen LogP contribution in [0.25, 0.3) is 11.0 Å². The van der Waals surface area contributed by atoms with E-state index < -0.39 is 5.97 Å². The van der Waals surface area contributed by atoms with Crippen LogP contribution < -0.4 is 5.32 Å². The van der Waals surface area contributed by atoms with Crippen LogP contribution in [0.4, 0.5) is 0 Å². The molecule has 23 heavy (non-hydrogen) atoms. The van der Waals surface area contributed by atoms with E-state index in [9.17, 15) is 9.59 Å². The van der Waals surface area contributed by atoms with Crippen molar-refractivity contribution in [2.75, 3.05) is 6.61 Å². The highest BCUT2D eigenvalue weighted by molar-refractivity contribution is 5.89. The van der Waals surface area contributed by atoms with Crippen LogP contribution in [0.5, 0.6) is 0 Å². The van der Waals surface area contributed by atoms with Crippen molar-refractivity contribution in [3.8, 4) is 0 Å². The van der Waals surface area contributed by atoms with Crippen molar-refractivity contribution >= 4 is 22.8 Å². The largest absolute Gasteiger partial charge is 0.464 e. The molecule has 1 N–H and O–H groups in total. The summed E-state index contributed by atoms with van der Waals surface area (Å²) in [7, 11) is 0. The van der Waals surface area contributed by atoms with Gasteiger partial charge in [0.05, 0.1) is 12.7 Å². The van der Waals surface area contributed by atoms with Crippen LogP contribution in [0.1, 0.15) is 37.0 Å². The number of amides is 1. The zero-order chi connectivity index (χ0) is 17.0. The average Bonchev–Trinajstić information content (AvgIpc) is 2.92. The molecule has 1 aromatic carbocycles. The van der Waals surface area contributed by atoms with Crippen molar-refractivity contribution in [3.63, 3.8) is 0 Å². The first-order valence-electron chi connectivity index (χ1n) is 7.83. The number of hydrogen-bond acceptors (Lipinski definition) is 4. The quantitative estimate of drug-likeness (QED) is 0.831. The molecule has 2 rings (SSSR count). The van der Waals surface area contributed by atoms with E-state index in [1.54, 1.807) is 6.26 Å². The fourth-order valence-corrected chi connectivity index (χ4v) is 2.30. The van der Waals surface area contributed by atoms with E-state index in [2.05, 4.69) is 5.32 Å². The number of ether oxygens (including phenoxy) is 1. The molecule has 0 aliphatic rings. The first-order valence-corrected chi connectivity index (χ1v) is 7.83. The third-order valence-corrected chi connectivity index (χ3v) is 4.06. The summed E-state index contributed by atoms with van der Waals surface area (Å²) in [4.78, 5) is 23.5. The molecule has 0 aliphatic heterocycles. The van der Waals surface area contributed by atoms with Crippen molar-refractivity contribution in [1.82, 2.24) is 5.32 Å². The van der Waals surface area contributed by atoms with Crippen molar-refractivity contribution in [1.29, 1.82) is 0 Å². The summed E-state index contributed by atoms with van der Waals surface area (Å²) in [5, 5.41) is 3.66. The average molecular weight is 317 g/mol. The van der Waals surface area contributed by atoms with Crippen molar-refractivity contribution in [3.05, 3.63) is 35.1 Å². The molecule has 124 valence electrons. The second-order valence-electron chi connectivity index (χ2n) is 5.86. The first kappa shape index (κ1) is 17.1. The molecule has 1 atom stereocenters. The third kappa shape index (κ3) is 4.12. The molecule has 1 amide bonds. The lowest BCUT2D eigenvalue weighted by Crippen LogP contribution is -2.35. The Balaban J connectivity index is 1.96. The summed E-state index contributed by atoms with van der Waals surface area (Å²) in [6, 6.07) is 4.02. The molecule has 1 heterocycles. The molecule has 0 spiro atoms. The van der Waals surface area contributed by atoms with Gasteiger partial charge in [-0.05, 0) is 38.3 Å². The van der Waals surface area contributed by atoms with E-state index in [1.165, 1.54) is 0 Å². The third-order valence-electron chi connectivity index (χ3n) is 4.06. The number of benzene rings is 1. The fraction of sp³-hybridized carbons (Fsp3) is 0.444. The highest BCUT2D eigenvalue weighted by Crippen LogP contribution is 2.26. The molecule has 0 bridgehead atoms. The molecular weight excluding hydrogens is 294 g/mol. The maximum atomic E-state index is 11.9. The number of esters is 1. The predicted octanol–water partition coefficient (Wildman–Crippen LogP) is 3.05. The van der Waals surface area contributed by atoms with E-state index in [0.29, 0.717) is 0 Å². The number of furan rings is 1. The summed E-state index contributed by atoms with van der Waals surface area (Å²) < 4.78 is 10.6. The highest BCUT2D eigenvalue weighted by Gasteiger charge is 2.15. The zero-order valence-electron chi connectivity index (χ0n) is 14.1. The van der Waals surface area contributed by atoms with Gasteiger partial charge in [-0.1, -0.05) is 19.1 Å². The Morgan fingerprint density at radius 1 is 1.30 bits per heavy atom. The van der Waals surface area contributed by atoms with E-state index in [-0.39, 0.29) is 25.0 Å². The zero-order valence-corrected chi connectivity index (χ0v) is 14.1. The monoisotopic (exact) mass is 317 g/mol. The Morgan fingerprint density at radius 3 is 2.74 bits per heavy atom. The molecular formula is C18H23NO4. The van der Waals surface area contributed by atoms with E-state index >= 15 is 0 Å². The number of hydrogen-bond donors (Lipinski definition) is 1. The molecule has 0 saturated carbocycles. The summed E-state index contributed by atoms with van der Waals surface area (Å²) in [6.07, 6.45) is 2.50. The van der Waals surface area contributed by atoms with Crippen molar-refractivity contribution < 1.29 is 18.7 Å². The molecule has 2 aromatic rings. The maximum Gasteiger partial charge on any atom is 0.310 e. The maximum absolute atomic E-state index is 11.9. The van der Waals surface area contributed by atoms with Gasteiger partial charge < -0.3 is 14.5 Å². The number of fused-ring (bicyclic) bond motifs is 1. The molecule has 0 unspecified atom stereocenters. The van der Waals surface area contributed by atoms with Crippen LogP contribution in [0.3, 0.4) is 0 Å². The summed E-state index contributed by atoms with van der Waals surface area (Å²) >= 11 is 0. The van der Waals surface area contributed by atoms with Gasteiger partial charge in [0, 0.05) is 17.0 Å². The first-order chi connectivity index (χ1) is 10.9. The van der Waals surface area contributed by atoms with Crippen LogP contribution in [-0.2, 0) is 20.7 Å². The van der Waals surface area contributed by atoms with Gasteiger partial charge in [-0.25, -0.2) is 0 Å². The van der Waals surface area contributed by atoms with Gasteiger partial charge in [0.15, 0.2) is 6.61 Å². The van der Waals surface area contributed by atoms with E-state index in [1.807, 2.05) is 39.8 Å². The smallest absolute Gasteiger partial charge is 0.310 e. The number of aryl methyl sites for hydroxylation is 2. The minimum Gasteiger partial charge on any atom is -0.464 e. The lowest BCUT2D eigenvalue weighted by molar-refractivity contribution is -0.148. The van der Waals surface area contributed by atoms with E-state index in [4.69, 9.17) is 9.15 Å². The Hall–Kier alpha value is -2.30. The SMILES string of the molecule is CC[C@H](C)NC(=O)COC(=O)Cc1coc2c(C)c(C)ccc12. The number of carbonyl (C=O) groups excluding carboxylic acids is 2. The molecule has 0 radical (unpaired) electrons. The Kier molecular flexibility index (Phi) is 5.42. The molecule has 1 aromatic heterocycles. The second kappa shape index (κ2) is 7.31. The van der Waals surface area contributed by atoms with Gasteiger partial charge in [-0.3, -0.25) is 9.59 Å². The summed E-state index contributed by atoms with van der Waals surface area (Å²) in [5.41, 5.74) is 3.77. The van der Waals surface area contributed by atoms with Crippen molar-refractivity contribution in [2.24, 2.45) is 0 Å². The number of carbonyl (C=O) groups is 2. The molecule has 0 saturated heterocycles. The number of nitrogens with one attached hydrogen (secondary N) is 1. The van der Waals surface area contributed by atoms with Crippen LogP contribution in [-0.4, -0.2) is 24.5 Å². The number of rotatable bonds is 6. The minimum absolute atomic E-state index is 0.0743. The highest BCUT2D eigenvalue weighted by atomic mass is 16.5.